The molecule has 8 heteroatoms. The number of carbonyl (C=O) groups excluding carboxylic acids is 2. The maximum atomic E-state index is 12.6. The van der Waals surface area contributed by atoms with Crippen LogP contribution in [-0.2, 0) is 19.7 Å². The van der Waals surface area contributed by atoms with Crippen molar-refractivity contribution in [3.63, 3.8) is 0 Å². The zero-order valence-corrected chi connectivity index (χ0v) is 21.6. The van der Waals surface area contributed by atoms with Crippen molar-refractivity contribution in [2.45, 2.75) is 32.3 Å². The first kappa shape index (κ1) is 26.2. The Bertz CT molecular complexity index is 1470. The Labute approximate surface area is 221 Å². The fourth-order valence-electron chi connectivity index (χ4n) is 4.07. The van der Waals surface area contributed by atoms with Crippen molar-refractivity contribution in [1.82, 2.24) is 9.78 Å². The van der Waals surface area contributed by atoms with E-state index in [1.54, 1.807) is 6.92 Å². The molecule has 0 fully saturated rings. The second kappa shape index (κ2) is 11.0. The monoisotopic (exact) mass is 508 g/mol. The summed E-state index contributed by atoms with van der Waals surface area (Å²) in [5.41, 5.74) is 3.75. The molecule has 8 nitrogen and oxygen atoms in total. The Balaban J connectivity index is 1.52. The predicted molar refractivity (Wildman–Crippen MR) is 144 cm³/mol. The number of aromatic nitrogens is 2. The summed E-state index contributed by atoms with van der Waals surface area (Å²) in [5.74, 6) is -0.0757. The highest BCUT2D eigenvalue weighted by Crippen LogP contribution is 2.29. The lowest BCUT2D eigenvalue weighted by Gasteiger charge is -2.22. The van der Waals surface area contributed by atoms with Crippen molar-refractivity contribution in [2.75, 3.05) is 12.4 Å². The number of benzene rings is 3. The molecule has 1 atom stereocenters. The molecule has 0 aliphatic carbocycles. The zero-order chi connectivity index (χ0) is 27.3. The normalized spacial score (nSPS) is 11.8. The van der Waals surface area contributed by atoms with E-state index in [1.807, 2.05) is 92.7 Å². The molecule has 0 saturated heterocycles. The van der Waals surface area contributed by atoms with Gasteiger partial charge in [0.15, 0.2) is 5.82 Å². The first-order valence-electron chi connectivity index (χ1n) is 12.0. The summed E-state index contributed by atoms with van der Waals surface area (Å²) in [7, 11) is 1.38. The van der Waals surface area contributed by atoms with Crippen LogP contribution in [-0.4, -0.2) is 29.0 Å². The van der Waals surface area contributed by atoms with Gasteiger partial charge in [0, 0.05) is 0 Å². The van der Waals surface area contributed by atoms with Gasteiger partial charge in [-0.05, 0) is 55.2 Å². The van der Waals surface area contributed by atoms with Gasteiger partial charge in [0.25, 0.3) is 0 Å². The highest BCUT2D eigenvalue weighted by Gasteiger charge is 2.30. The molecule has 1 amide bonds. The number of amides is 1. The third kappa shape index (κ3) is 5.42. The van der Waals surface area contributed by atoms with Gasteiger partial charge in [0.05, 0.1) is 24.4 Å². The molecule has 0 aliphatic rings. The fourth-order valence-corrected chi connectivity index (χ4v) is 4.07. The zero-order valence-electron chi connectivity index (χ0n) is 21.6. The number of rotatable bonds is 7. The number of hydrogen-bond donors (Lipinski definition) is 1. The lowest BCUT2D eigenvalue weighted by molar-refractivity contribution is -0.146. The van der Waals surface area contributed by atoms with Crippen LogP contribution < -0.4 is 5.32 Å². The van der Waals surface area contributed by atoms with Gasteiger partial charge in [-0.1, -0.05) is 66.7 Å². The van der Waals surface area contributed by atoms with Gasteiger partial charge in [0.1, 0.15) is 17.7 Å². The highest BCUT2D eigenvalue weighted by molar-refractivity contribution is 5.86. The van der Waals surface area contributed by atoms with Gasteiger partial charge in [-0.25, -0.2) is 9.48 Å². The van der Waals surface area contributed by atoms with E-state index in [9.17, 15) is 14.9 Å². The van der Waals surface area contributed by atoms with Crippen LogP contribution in [0.15, 0.2) is 85.1 Å². The van der Waals surface area contributed by atoms with Gasteiger partial charge < -0.3 is 9.47 Å². The molecule has 1 N–H and O–H groups in total. The summed E-state index contributed by atoms with van der Waals surface area (Å²) in [4.78, 5) is 24.7. The lowest BCUT2D eigenvalue weighted by atomic mass is 9.84. The van der Waals surface area contributed by atoms with E-state index < -0.39 is 17.6 Å². The number of nitrogens with one attached hydrogen (secondary N) is 1. The van der Waals surface area contributed by atoms with Crippen LogP contribution in [0.3, 0.4) is 0 Å². The second-order valence-corrected chi connectivity index (χ2v) is 9.25. The molecule has 4 rings (SSSR count). The Morgan fingerprint density at radius 1 is 0.974 bits per heavy atom. The first-order valence-corrected chi connectivity index (χ1v) is 12.0. The minimum absolute atomic E-state index is 0.210. The average Bonchev–Trinajstić information content (AvgIpc) is 3.35. The van der Waals surface area contributed by atoms with E-state index >= 15 is 0 Å². The maximum Gasteiger partial charge on any atom is 0.413 e. The van der Waals surface area contributed by atoms with E-state index in [-0.39, 0.29) is 17.4 Å². The number of hydrogen-bond acceptors (Lipinski definition) is 6. The Morgan fingerprint density at radius 3 is 2.16 bits per heavy atom. The summed E-state index contributed by atoms with van der Waals surface area (Å²) >= 11 is 0. The van der Waals surface area contributed by atoms with E-state index in [4.69, 9.17) is 9.47 Å². The molecule has 192 valence electrons. The van der Waals surface area contributed by atoms with E-state index in [2.05, 4.69) is 16.5 Å². The number of carbonyl (C=O) groups is 2. The van der Waals surface area contributed by atoms with Crippen molar-refractivity contribution in [1.29, 1.82) is 5.26 Å². The fraction of sp³-hybridized carbons (Fsp3) is 0.200. The van der Waals surface area contributed by atoms with Crippen molar-refractivity contribution < 1.29 is 19.1 Å². The molecule has 38 heavy (non-hydrogen) atoms. The molecule has 0 saturated carbocycles. The Kier molecular flexibility index (Phi) is 7.58. The maximum absolute atomic E-state index is 12.6. The average molecular weight is 509 g/mol. The van der Waals surface area contributed by atoms with Gasteiger partial charge in [-0.3, -0.25) is 10.1 Å². The van der Waals surface area contributed by atoms with Gasteiger partial charge in [-0.15, -0.1) is 0 Å². The SMILES string of the molecule is COC(=O)C(C)(C)c1ccc(-c2ccc(-n3ncc(C#N)c3NC(=O)OC(C)c3ccccc3)cc2)cc1. The lowest BCUT2D eigenvalue weighted by Crippen LogP contribution is -2.30. The minimum Gasteiger partial charge on any atom is -0.468 e. The molecule has 0 aliphatic heterocycles. The van der Waals surface area contributed by atoms with Crippen LogP contribution in [0.2, 0.25) is 0 Å². The van der Waals surface area contributed by atoms with Crippen LogP contribution in [0, 0.1) is 11.3 Å². The Morgan fingerprint density at radius 2 is 1.58 bits per heavy atom. The van der Waals surface area contributed by atoms with Crippen LogP contribution in [0.4, 0.5) is 10.6 Å². The highest BCUT2D eigenvalue weighted by atomic mass is 16.6. The molecule has 1 heterocycles. The Hall–Kier alpha value is -4.90. The number of nitriles is 1. The summed E-state index contributed by atoms with van der Waals surface area (Å²) in [6, 6.07) is 26.7. The number of ether oxygens (including phenoxy) is 2. The summed E-state index contributed by atoms with van der Waals surface area (Å²) in [6.45, 7) is 5.43. The molecule has 0 bridgehead atoms. The summed E-state index contributed by atoms with van der Waals surface area (Å²) < 4.78 is 11.9. The van der Waals surface area contributed by atoms with E-state index in [0.29, 0.717) is 5.69 Å². The van der Waals surface area contributed by atoms with Crippen molar-refractivity contribution in [2.24, 2.45) is 0 Å². The summed E-state index contributed by atoms with van der Waals surface area (Å²) in [6.07, 6.45) is 0.236. The van der Waals surface area contributed by atoms with Crippen molar-refractivity contribution in [3.8, 4) is 22.9 Å². The predicted octanol–water partition coefficient (Wildman–Crippen LogP) is 6.17. The minimum atomic E-state index is -0.751. The molecular weight excluding hydrogens is 480 g/mol. The molecule has 4 aromatic rings. The quantitative estimate of drug-likeness (QED) is 0.299. The smallest absolute Gasteiger partial charge is 0.413 e. The standard InChI is InChI=1S/C30H28N4O4/c1-20(21-8-6-5-7-9-21)38-29(36)33-27-24(18-31)19-32-34(27)26-16-12-23(13-17-26)22-10-14-25(15-11-22)30(2,3)28(35)37-4/h5-17,19-20H,1-4H3,(H,33,36). The molecule has 0 spiro atoms. The van der Waals surface area contributed by atoms with E-state index in [1.165, 1.54) is 18.0 Å². The third-order valence-electron chi connectivity index (χ3n) is 6.41. The molecule has 0 radical (unpaired) electrons. The number of nitrogens with zero attached hydrogens (tertiary/aromatic N) is 3. The van der Waals surface area contributed by atoms with Gasteiger partial charge in [0.2, 0.25) is 0 Å². The number of esters is 1. The molecule has 3 aromatic carbocycles. The molecule has 1 unspecified atom stereocenters. The van der Waals surface area contributed by atoms with Crippen LogP contribution in [0.1, 0.15) is 43.6 Å². The van der Waals surface area contributed by atoms with E-state index in [0.717, 1.165) is 22.3 Å². The van der Waals surface area contributed by atoms with Gasteiger partial charge >= 0.3 is 12.1 Å². The second-order valence-electron chi connectivity index (χ2n) is 9.25. The van der Waals surface area contributed by atoms with Crippen LogP contribution >= 0.6 is 0 Å². The molecule has 1 aromatic heterocycles. The van der Waals surface area contributed by atoms with Gasteiger partial charge in [-0.2, -0.15) is 10.4 Å². The topological polar surface area (TPSA) is 106 Å². The molecular formula is C30H28N4O4. The van der Waals surface area contributed by atoms with Crippen LogP contribution in [0.5, 0.6) is 0 Å². The first-order chi connectivity index (χ1) is 18.2. The van der Waals surface area contributed by atoms with Crippen molar-refractivity contribution in [3.05, 3.63) is 102 Å². The largest absolute Gasteiger partial charge is 0.468 e. The summed E-state index contributed by atoms with van der Waals surface area (Å²) in [5, 5.41) is 16.5. The van der Waals surface area contributed by atoms with Crippen LogP contribution in [0.25, 0.3) is 16.8 Å². The number of anilines is 1. The number of methoxy groups -OCH3 is 1. The third-order valence-corrected chi connectivity index (χ3v) is 6.41. The van der Waals surface area contributed by atoms with Crippen molar-refractivity contribution >= 4 is 17.9 Å².